The molecule has 0 bridgehead atoms. The first kappa shape index (κ1) is 20.9. The summed E-state index contributed by atoms with van der Waals surface area (Å²) in [4.78, 5) is 0. The van der Waals surface area contributed by atoms with E-state index in [0.717, 1.165) is 12.5 Å². The predicted molar refractivity (Wildman–Crippen MR) is 69.6 cm³/mol. The van der Waals surface area contributed by atoms with Crippen LogP contribution in [0, 0.1) is 0 Å². The fourth-order valence-corrected chi connectivity index (χ4v) is 7.26. The first-order valence-corrected chi connectivity index (χ1v) is 11.7. The maximum Gasteiger partial charge on any atom is 1.00 e. The van der Waals surface area contributed by atoms with Crippen molar-refractivity contribution in [2.75, 3.05) is 11.5 Å². The summed E-state index contributed by atoms with van der Waals surface area (Å²) >= 11 is 0. The third-order valence-corrected chi connectivity index (χ3v) is 8.12. The van der Waals surface area contributed by atoms with E-state index in [1.54, 1.807) is 13.1 Å². The quantitative estimate of drug-likeness (QED) is 0.426. The van der Waals surface area contributed by atoms with Gasteiger partial charge < -0.3 is 5.30 Å². The van der Waals surface area contributed by atoms with Crippen LogP contribution in [-0.4, -0.2) is 41.2 Å². The van der Waals surface area contributed by atoms with Gasteiger partial charge in [0.2, 0.25) is 8.32 Å². The molecule has 0 radical (unpaired) electrons. The van der Waals surface area contributed by atoms with E-state index in [1.807, 2.05) is 6.92 Å². The van der Waals surface area contributed by atoms with E-state index in [-0.39, 0.29) is 32.5 Å². The minimum absolute atomic E-state index is 0. The van der Waals surface area contributed by atoms with Crippen molar-refractivity contribution in [3.05, 3.63) is 0 Å². The first-order valence-electron chi connectivity index (χ1n) is 5.36. The molecule has 0 aromatic heterocycles. The molecule has 0 aromatic rings. The summed E-state index contributed by atoms with van der Waals surface area (Å²) in [6.45, 7) is 5.55. The first-order chi connectivity index (χ1) is 7.47. The van der Waals surface area contributed by atoms with Gasteiger partial charge >= 0.3 is 18.9 Å². The molecule has 0 heterocycles. The van der Waals surface area contributed by atoms with Crippen LogP contribution in [0.4, 0.5) is 0 Å². The smallest absolute Gasteiger partial charge is 1.00 e. The molecule has 0 aliphatic carbocycles. The maximum absolute atomic E-state index is 11.5. The third kappa shape index (κ3) is 11.7. The maximum atomic E-state index is 11.5. The van der Waals surface area contributed by atoms with Crippen molar-refractivity contribution in [2.45, 2.75) is 38.9 Å². The number of hydrogen-bond acceptors (Lipinski definition) is 5. The van der Waals surface area contributed by atoms with Crippen molar-refractivity contribution in [1.29, 1.82) is 0 Å². The molecule has 0 amide bonds. The molecule has 0 aromatic carbocycles. The Hall–Kier alpha value is 0.634. The summed E-state index contributed by atoms with van der Waals surface area (Å²) < 4.78 is 57.5. The van der Waals surface area contributed by atoms with Gasteiger partial charge in [-0.2, -0.15) is 8.42 Å². The number of hydrogen-bond donors (Lipinski definition) is 1. The van der Waals surface area contributed by atoms with E-state index in [4.69, 9.17) is 8.42 Å². The van der Waals surface area contributed by atoms with E-state index in [2.05, 4.69) is 0 Å². The topological polar surface area (TPSA) is 97.7 Å². The molecule has 0 aliphatic rings. The minimum atomic E-state index is -4.11. The second-order valence-electron chi connectivity index (χ2n) is 4.49. The van der Waals surface area contributed by atoms with Crippen LogP contribution in [0.15, 0.2) is 0 Å². The SMILES string of the molecule is CCC[Si](C)(C)OS(=O)(=O)CCCS(=O)(=O)O.[H-].[Li+]. The Bertz CT molecular complexity index is 436. The molecule has 106 valence electrons. The molecule has 0 unspecified atom stereocenters. The Balaban J connectivity index is -0.00000128. The predicted octanol–water partition coefficient (Wildman–Crippen LogP) is -1.66. The molecule has 18 heavy (non-hydrogen) atoms. The van der Waals surface area contributed by atoms with E-state index in [0.29, 0.717) is 0 Å². The van der Waals surface area contributed by atoms with Gasteiger partial charge in [-0.1, -0.05) is 13.3 Å². The largest absolute Gasteiger partial charge is 1.00 e. The second-order valence-corrected chi connectivity index (χ2v) is 12.3. The standard InChI is InChI=1S/C8H20O6S2Si.Li.H/c1-4-8-17(2,3)14-16(12,13)7-5-6-15(9,10)11;;/h4-8H2,1-3H3,(H,9,10,11);;/q;+1;-1. The molecule has 1 N–H and O–H groups in total. The number of rotatable bonds is 8. The summed E-state index contributed by atoms with van der Waals surface area (Å²) in [5.41, 5.74) is 0. The normalized spacial score (nSPS) is 13.1. The van der Waals surface area contributed by atoms with Gasteiger partial charge in [0.25, 0.3) is 20.2 Å². The van der Waals surface area contributed by atoms with E-state index in [9.17, 15) is 16.8 Å². The molecule has 0 saturated carbocycles. The van der Waals surface area contributed by atoms with Crippen LogP contribution in [0.25, 0.3) is 0 Å². The fourth-order valence-electron chi connectivity index (χ4n) is 1.45. The minimum Gasteiger partial charge on any atom is -1.00 e. The Morgan fingerprint density at radius 1 is 1.17 bits per heavy atom. The van der Waals surface area contributed by atoms with Gasteiger partial charge in [-0.05, 0) is 25.6 Å². The van der Waals surface area contributed by atoms with Crippen molar-refractivity contribution in [3.63, 3.8) is 0 Å². The van der Waals surface area contributed by atoms with Crippen LogP contribution in [-0.2, 0) is 24.1 Å². The van der Waals surface area contributed by atoms with Crippen LogP contribution in [0.2, 0.25) is 19.1 Å². The molecular weight excluding hydrogens is 291 g/mol. The van der Waals surface area contributed by atoms with Crippen LogP contribution >= 0.6 is 0 Å². The Morgan fingerprint density at radius 2 is 1.67 bits per heavy atom. The van der Waals surface area contributed by atoms with E-state index in [1.165, 1.54) is 0 Å². The van der Waals surface area contributed by atoms with Crippen LogP contribution in [0.3, 0.4) is 0 Å². The molecule has 0 rings (SSSR count). The van der Waals surface area contributed by atoms with Crippen molar-refractivity contribution in [1.82, 2.24) is 0 Å². The summed E-state index contributed by atoms with van der Waals surface area (Å²) in [6, 6.07) is 0.727. The summed E-state index contributed by atoms with van der Waals surface area (Å²) in [5, 5.41) is 0. The van der Waals surface area contributed by atoms with Gasteiger partial charge in [0.05, 0.1) is 11.5 Å². The monoisotopic (exact) mass is 312 g/mol. The second kappa shape index (κ2) is 8.04. The van der Waals surface area contributed by atoms with Crippen molar-refractivity contribution < 1.29 is 45.5 Å². The van der Waals surface area contributed by atoms with E-state index < -0.39 is 34.3 Å². The molecule has 0 spiro atoms. The van der Waals surface area contributed by atoms with Crippen LogP contribution < -0.4 is 18.9 Å². The van der Waals surface area contributed by atoms with E-state index >= 15 is 0 Å². The molecule has 0 aliphatic heterocycles. The fraction of sp³-hybridized carbons (Fsp3) is 1.00. The summed E-state index contributed by atoms with van der Waals surface area (Å²) in [6.07, 6.45) is 0.692. The average molecular weight is 312 g/mol. The van der Waals surface area contributed by atoms with Gasteiger partial charge in [-0.25, -0.2) is 8.42 Å². The summed E-state index contributed by atoms with van der Waals surface area (Å²) in [5.74, 6) is -0.946. The molecule has 0 fully saturated rings. The van der Waals surface area contributed by atoms with Crippen LogP contribution in [0.5, 0.6) is 0 Å². The van der Waals surface area contributed by atoms with Crippen molar-refractivity contribution in [2.24, 2.45) is 0 Å². The Kier molecular flexibility index (Phi) is 9.35. The molecular formula is C8H21LiO6S2Si. The zero-order valence-corrected chi connectivity index (χ0v) is 14.0. The van der Waals surface area contributed by atoms with Gasteiger partial charge in [-0.15, -0.1) is 0 Å². The summed E-state index contributed by atoms with van der Waals surface area (Å²) in [7, 11) is -10.0. The molecule has 0 saturated heterocycles. The Labute approximate surface area is 124 Å². The average Bonchev–Trinajstić information content (AvgIpc) is 1.96. The zero-order valence-electron chi connectivity index (χ0n) is 12.3. The molecule has 6 nitrogen and oxygen atoms in total. The van der Waals surface area contributed by atoms with Gasteiger partial charge in [0, 0.05) is 0 Å². The van der Waals surface area contributed by atoms with Crippen LogP contribution in [0.1, 0.15) is 21.2 Å². The molecule has 10 heteroatoms. The third-order valence-electron chi connectivity index (χ3n) is 2.00. The Morgan fingerprint density at radius 3 is 2.06 bits per heavy atom. The van der Waals surface area contributed by atoms with Gasteiger partial charge in [0.1, 0.15) is 0 Å². The van der Waals surface area contributed by atoms with Crippen molar-refractivity contribution in [3.8, 4) is 0 Å². The zero-order chi connectivity index (χ0) is 13.7. The van der Waals surface area contributed by atoms with Crippen molar-refractivity contribution >= 4 is 28.6 Å². The van der Waals surface area contributed by atoms with Gasteiger partial charge in [0.15, 0.2) is 0 Å². The molecule has 0 atom stereocenters. The van der Waals surface area contributed by atoms with Gasteiger partial charge in [-0.3, -0.25) is 4.55 Å².